The minimum absolute atomic E-state index is 0.0632. The first-order chi connectivity index (χ1) is 10.7. The summed E-state index contributed by atoms with van der Waals surface area (Å²) in [5.41, 5.74) is 6.67. The van der Waals surface area contributed by atoms with Crippen molar-refractivity contribution in [1.82, 2.24) is 9.88 Å². The summed E-state index contributed by atoms with van der Waals surface area (Å²) in [4.78, 5) is 19.4. The van der Waals surface area contributed by atoms with Crippen LogP contribution in [0.25, 0.3) is 10.6 Å². The smallest absolute Gasteiger partial charge is 0.265 e. The summed E-state index contributed by atoms with van der Waals surface area (Å²) in [6.07, 6.45) is 2.66. The molecule has 0 bridgehead atoms. The number of hydrogen-bond donors (Lipinski definition) is 1. The normalized spacial score (nSPS) is 17.7. The number of nitrogens with two attached hydrogens (primary N) is 1. The predicted molar refractivity (Wildman–Crippen MR) is 87.2 cm³/mol. The summed E-state index contributed by atoms with van der Waals surface area (Å²) < 4.78 is 5.15. The predicted octanol–water partition coefficient (Wildman–Crippen LogP) is 2.24. The van der Waals surface area contributed by atoms with E-state index in [2.05, 4.69) is 4.98 Å². The summed E-state index contributed by atoms with van der Waals surface area (Å²) >= 11 is 1.43. The van der Waals surface area contributed by atoms with Gasteiger partial charge < -0.3 is 15.4 Å². The van der Waals surface area contributed by atoms with Crippen LogP contribution in [-0.4, -0.2) is 42.5 Å². The maximum absolute atomic E-state index is 12.5. The Hall–Kier alpha value is -1.92. The summed E-state index contributed by atoms with van der Waals surface area (Å²) in [6.45, 7) is 2.19. The van der Waals surface area contributed by atoms with Crippen molar-refractivity contribution in [2.45, 2.75) is 6.42 Å². The highest BCUT2D eigenvalue weighted by molar-refractivity contribution is 7.16. The van der Waals surface area contributed by atoms with Crippen molar-refractivity contribution in [1.29, 1.82) is 0 Å². The third-order valence-corrected chi connectivity index (χ3v) is 4.99. The number of likely N-dealkylation sites (tertiary alicyclic amines) is 1. The second-order valence-electron chi connectivity index (χ2n) is 5.40. The molecule has 2 heterocycles. The van der Waals surface area contributed by atoms with E-state index < -0.39 is 0 Å². The Morgan fingerprint density at radius 2 is 2.23 bits per heavy atom. The molecule has 1 fully saturated rings. The lowest BCUT2D eigenvalue weighted by Crippen LogP contribution is -2.29. The molecule has 0 spiro atoms. The first-order valence-electron chi connectivity index (χ1n) is 7.31. The fraction of sp³-hybridized carbons (Fsp3) is 0.375. The first kappa shape index (κ1) is 15.0. The van der Waals surface area contributed by atoms with E-state index in [4.69, 9.17) is 10.5 Å². The third-order valence-electron chi connectivity index (χ3n) is 3.96. The van der Waals surface area contributed by atoms with Crippen LogP contribution in [0, 0.1) is 5.92 Å². The minimum atomic E-state index is 0.0632. The molecule has 2 aromatic rings. The average Bonchev–Trinajstić information content (AvgIpc) is 3.23. The molecule has 1 aliphatic rings. The van der Waals surface area contributed by atoms with Gasteiger partial charge in [-0.2, -0.15) is 0 Å². The number of thiazole rings is 1. The molecule has 0 saturated carbocycles. The molecule has 1 saturated heterocycles. The number of aromatic nitrogens is 1. The van der Waals surface area contributed by atoms with E-state index in [-0.39, 0.29) is 5.91 Å². The number of ether oxygens (including phenoxy) is 1. The van der Waals surface area contributed by atoms with Crippen molar-refractivity contribution in [3.8, 4) is 16.3 Å². The molecular weight excluding hydrogens is 298 g/mol. The molecule has 3 rings (SSSR count). The molecule has 1 aromatic carbocycles. The molecule has 1 aliphatic heterocycles. The molecule has 0 radical (unpaired) electrons. The van der Waals surface area contributed by atoms with E-state index in [9.17, 15) is 4.79 Å². The van der Waals surface area contributed by atoms with Gasteiger partial charge in [0, 0.05) is 18.7 Å². The zero-order valence-corrected chi connectivity index (χ0v) is 13.3. The largest absolute Gasteiger partial charge is 0.497 e. The Balaban J connectivity index is 1.74. The maximum atomic E-state index is 12.5. The second-order valence-corrected chi connectivity index (χ2v) is 6.43. The van der Waals surface area contributed by atoms with Crippen LogP contribution < -0.4 is 10.5 Å². The van der Waals surface area contributed by atoms with Gasteiger partial charge in [-0.3, -0.25) is 4.79 Å². The van der Waals surface area contributed by atoms with Crippen molar-refractivity contribution >= 4 is 17.2 Å². The van der Waals surface area contributed by atoms with E-state index in [1.54, 1.807) is 13.3 Å². The zero-order chi connectivity index (χ0) is 15.5. The Morgan fingerprint density at radius 1 is 1.45 bits per heavy atom. The lowest BCUT2D eigenvalue weighted by Gasteiger charge is -2.14. The van der Waals surface area contributed by atoms with Crippen molar-refractivity contribution in [2.24, 2.45) is 11.7 Å². The Bertz CT molecular complexity index is 654. The summed E-state index contributed by atoms with van der Waals surface area (Å²) in [5, 5.41) is 0.848. The van der Waals surface area contributed by atoms with Crippen LogP contribution in [0.2, 0.25) is 0 Å². The molecule has 1 amide bonds. The first-order valence-corrected chi connectivity index (χ1v) is 8.12. The summed E-state index contributed by atoms with van der Waals surface area (Å²) in [7, 11) is 1.64. The fourth-order valence-electron chi connectivity index (χ4n) is 2.61. The van der Waals surface area contributed by atoms with Gasteiger partial charge in [-0.15, -0.1) is 11.3 Å². The fourth-order valence-corrected chi connectivity index (χ4v) is 3.49. The quantitative estimate of drug-likeness (QED) is 0.939. The lowest BCUT2D eigenvalue weighted by molar-refractivity contribution is 0.0792. The van der Waals surface area contributed by atoms with Crippen LogP contribution in [0.1, 0.15) is 16.1 Å². The van der Waals surface area contributed by atoms with Crippen molar-refractivity contribution < 1.29 is 9.53 Å². The average molecular weight is 317 g/mol. The minimum Gasteiger partial charge on any atom is -0.497 e. The highest BCUT2D eigenvalue weighted by Crippen LogP contribution is 2.28. The molecular formula is C16H19N3O2S. The summed E-state index contributed by atoms with van der Waals surface area (Å²) in [5.74, 6) is 1.30. The number of amides is 1. The molecule has 5 nitrogen and oxygen atoms in total. The van der Waals surface area contributed by atoms with Crippen molar-refractivity contribution in [3.05, 3.63) is 35.3 Å². The third kappa shape index (κ3) is 2.98. The van der Waals surface area contributed by atoms with E-state index in [1.807, 2.05) is 29.2 Å². The lowest BCUT2D eigenvalue weighted by atomic mass is 10.1. The SMILES string of the molecule is COc1ccc(-c2ncc(C(=O)N3CCC(CN)C3)s2)cc1. The maximum Gasteiger partial charge on any atom is 0.265 e. The number of benzene rings is 1. The molecule has 1 atom stereocenters. The molecule has 1 aromatic heterocycles. The zero-order valence-electron chi connectivity index (χ0n) is 12.5. The standard InChI is InChI=1S/C16H19N3O2S/c1-21-13-4-2-12(3-5-13)15-18-9-14(22-15)16(20)19-7-6-11(8-17)10-19/h2-5,9,11H,6-8,10,17H2,1H3. The van der Waals surface area contributed by atoms with Gasteiger partial charge >= 0.3 is 0 Å². The molecule has 0 aliphatic carbocycles. The molecule has 2 N–H and O–H groups in total. The Labute approximate surface area is 133 Å². The van der Waals surface area contributed by atoms with Gasteiger partial charge in [0.05, 0.1) is 13.3 Å². The number of nitrogens with zero attached hydrogens (tertiary/aromatic N) is 2. The number of methoxy groups -OCH3 is 1. The highest BCUT2D eigenvalue weighted by Gasteiger charge is 2.27. The summed E-state index contributed by atoms with van der Waals surface area (Å²) in [6, 6.07) is 7.69. The van der Waals surface area contributed by atoms with E-state index in [1.165, 1.54) is 11.3 Å². The number of carbonyl (C=O) groups excluding carboxylic acids is 1. The van der Waals surface area contributed by atoms with Gasteiger partial charge in [-0.05, 0) is 43.1 Å². The molecule has 22 heavy (non-hydrogen) atoms. The Morgan fingerprint density at radius 3 is 2.86 bits per heavy atom. The molecule has 1 unspecified atom stereocenters. The van der Waals surface area contributed by atoms with E-state index in [0.717, 1.165) is 35.8 Å². The van der Waals surface area contributed by atoms with Gasteiger partial charge in [-0.25, -0.2) is 4.98 Å². The molecule has 116 valence electrons. The van der Waals surface area contributed by atoms with E-state index in [0.29, 0.717) is 17.3 Å². The van der Waals surface area contributed by atoms with Crippen LogP contribution in [0.5, 0.6) is 5.75 Å². The van der Waals surface area contributed by atoms with Crippen LogP contribution in [-0.2, 0) is 0 Å². The van der Waals surface area contributed by atoms with Gasteiger partial charge in [0.1, 0.15) is 15.6 Å². The van der Waals surface area contributed by atoms with E-state index >= 15 is 0 Å². The monoisotopic (exact) mass is 317 g/mol. The molecule has 6 heteroatoms. The van der Waals surface area contributed by atoms with Crippen LogP contribution >= 0.6 is 11.3 Å². The highest BCUT2D eigenvalue weighted by atomic mass is 32.1. The van der Waals surface area contributed by atoms with Gasteiger partial charge in [0.2, 0.25) is 0 Å². The van der Waals surface area contributed by atoms with Crippen LogP contribution in [0.4, 0.5) is 0 Å². The van der Waals surface area contributed by atoms with Crippen molar-refractivity contribution in [3.63, 3.8) is 0 Å². The number of rotatable bonds is 4. The second kappa shape index (κ2) is 6.46. The van der Waals surface area contributed by atoms with Crippen molar-refractivity contribution in [2.75, 3.05) is 26.7 Å². The number of hydrogen-bond acceptors (Lipinski definition) is 5. The van der Waals surface area contributed by atoms with Gasteiger partial charge in [0.15, 0.2) is 0 Å². The topological polar surface area (TPSA) is 68.5 Å². The number of carbonyl (C=O) groups is 1. The van der Waals surface area contributed by atoms with Gasteiger partial charge in [0.25, 0.3) is 5.91 Å². The van der Waals surface area contributed by atoms with Crippen LogP contribution in [0.3, 0.4) is 0 Å². The van der Waals surface area contributed by atoms with Crippen LogP contribution in [0.15, 0.2) is 30.5 Å². The van der Waals surface area contributed by atoms with Gasteiger partial charge in [-0.1, -0.05) is 0 Å². The Kier molecular flexibility index (Phi) is 4.40.